The molecule has 0 spiro atoms. The molecule has 0 aromatic heterocycles. The number of aliphatic hydroxyl groups is 1. The molecule has 0 aliphatic carbocycles. The van der Waals surface area contributed by atoms with Gasteiger partial charge in [0.1, 0.15) is 11.8 Å². The van der Waals surface area contributed by atoms with Crippen LogP contribution in [0, 0.1) is 0 Å². The average Bonchev–Trinajstić information content (AvgIpc) is 2.59. The lowest BCUT2D eigenvalue weighted by Crippen LogP contribution is -2.47. The summed E-state index contributed by atoms with van der Waals surface area (Å²) in [6.07, 6.45) is 0.0718. The van der Waals surface area contributed by atoms with Crippen LogP contribution in [-0.2, 0) is 24.3 Å². The van der Waals surface area contributed by atoms with E-state index in [-0.39, 0.29) is 17.9 Å². The highest BCUT2D eigenvalue weighted by molar-refractivity contribution is 7.89. The molecule has 9 nitrogen and oxygen atoms in total. The number of rotatable bonds is 9. The Morgan fingerprint density at radius 1 is 1.25 bits per heavy atom. The molecule has 24 heavy (non-hydrogen) atoms. The smallest absolute Gasteiger partial charge is 0.308 e. The number of methoxy groups -OCH3 is 1. The summed E-state index contributed by atoms with van der Waals surface area (Å²) in [7, 11) is -1.38. The summed E-state index contributed by atoms with van der Waals surface area (Å²) >= 11 is 0. The van der Waals surface area contributed by atoms with E-state index in [1.807, 2.05) is 0 Å². The van der Waals surface area contributed by atoms with Crippen LogP contribution in [-0.4, -0.2) is 58.8 Å². The van der Waals surface area contributed by atoms with Gasteiger partial charge in [-0.05, 0) is 24.3 Å². The van der Waals surface area contributed by atoms with Crippen LogP contribution in [0.5, 0.6) is 5.75 Å². The second kappa shape index (κ2) is 9.21. The van der Waals surface area contributed by atoms with Gasteiger partial charge in [-0.25, -0.2) is 8.42 Å². The van der Waals surface area contributed by atoms with Crippen LogP contribution in [0.2, 0.25) is 0 Å². The monoisotopic (exact) mass is 360 g/mol. The zero-order valence-electron chi connectivity index (χ0n) is 13.3. The van der Waals surface area contributed by atoms with Crippen molar-refractivity contribution in [2.75, 3.05) is 27.4 Å². The Labute approximate surface area is 140 Å². The minimum atomic E-state index is -3.98. The maximum atomic E-state index is 12.2. The van der Waals surface area contributed by atoms with Gasteiger partial charge in [-0.1, -0.05) is 0 Å². The van der Waals surface area contributed by atoms with Crippen molar-refractivity contribution in [1.82, 2.24) is 10.0 Å². The Bertz CT molecular complexity index is 658. The quantitative estimate of drug-likeness (QED) is 0.482. The Kier molecular flexibility index (Phi) is 7.62. The molecule has 1 atom stereocenters. The van der Waals surface area contributed by atoms with Crippen LogP contribution in [0.1, 0.15) is 6.42 Å². The number of hydrogen-bond acceptors (Lipinski definition) is 7. The molecule has 1 rings (SSSR count). The highest BCUT2D eigenvalue weighted by Crippen LogP contribution is 2.16. The first-order valence-corrected chi connectivity index (χ1v) is 8.46. The van der Waals surface area contributed by atoms with Crippen LogP contribution < -0.4 is 14.8 Å². The summed E-state index contributed by atoms with van der Waals surface area (Å²) in [6, 6.07) is 4.12. The molecule has 3 N–H and O–H groups in total. The van der Waals surface area contributed by atoms with Gasteiger partial charge in [-0.2, -0.15) is 4.72 Å². The third-order valence-corrected chi connectivity index (χ3v) is 4.47. The van der Waals surface area contributed by atoms with Gasteiger partial charge < -0.3 is 19.9 Å². The lowest BCUT2D eigenvalue weighted by atomic mass is 10.3. The number of amides is 1. The molecule has 0 radical (unpaired) electrons. The first-order chi connectivity index (χ1) is 11.3. The number of ether oxygens (including phenoxy) is 2. The Balaban J connectivity index is 2.72. The van der Waals surface area contributed by atoms with Crippen LogP contribution in [0.15, 0.2) is 29.2 Å². The predicted octanol–water partition coefficient (Wildman–Crippen LogP) is -0.986. The molecular formula is C14H20N2O7S. The minimum absolute atomic E-state index is 0.0718. The van der Waals surface area contributed by atoms with Gasteiger partial charge in [0.2, 0.25) is 15.9 Å². The fourth-order valence-corrected chi connectivity index (χ4v) is 2.86. The van der Waals surface area contributed by atoms with Gasteiger partial charge >= 0.3 is 5.97 Å². The molecule has 0 bridgehead atoms. The van der Waals surface area contributed by atoms with E-state index in [0.29, 0.717) is 5.75 Å². The number of carbonyl (C=O) groups is 2. The molecule has 0 aliphatic heterocycles. The number of hydrogen-bond donors (Lipinski definition) is 3. The van der Waals surface area contributed by atoms with E-state index in [0.717, 1.165) is 0 Å². The molecule has 0 aliphatic rings. The largest absolute Gasteiger partial charge is 0.493 e. The zero-order chi connectivity index (χ0) is 18.2. The summed E-state index contributed by atoms with van der Waals surface area (Å²) in [5, 5.41) is 11.4. The average molecular weight is 360 g/mol. The number of carbonyl (C=O) groups excluding carboxylic acids is 2. The lowest BCUT2D eigenvalue weighted by molar-refractivity contribution is -0.141. The van der Waals surface area contributed by atoms with E-state index in [2.05, 4.69) is 14.8 Å². The standard InChI is InChI=1S/C14H20N2O7S/c1-15-14(19)12(9-17)16-24(20,21)11-5-3-10(4-6-11)23-8-7-13(18)22-2/h3-6,12,16-17H,7-9H2,1-2H3,(H,15,19)/t12-/m0/s1. The molecular weight excluding hydrogens is 340 g/mol. The zero-order valence-corrected chi connectivity index (χ0v) is 14.1. The van der Waals surface area contributed by atoms with E-state index in [4.69, 9.17) is 9.84 Å². The maximum absolute atomic E-state index is 12.2. The lowest BCUT2D eigenvalue weighted by Gasteiger charge is -2.15. The fourth-order valence-electron chi connectivity index (χ4n) is 1.67. The second-order valence-corrected chi connectivity index (χ2v) is 6.33. The number of aliphatic hydroxyl groups excluding tert-OH is 1. The molecule has 0 saturated carbocycles. The molecule has 1 aromatic rings. The van der Waals surface area contributed by atoms with E-state index < -0.39 is 34.5 Å². The van der Waals surface area contributed by atoms with Gasteiger partial charge in [0.25, 0.3) is 0 Å². The van der Waals surface area contributed by atoms with Gasteiger partial charge in [0.15, 0.2) is 0 Å². The molecule has 134 valence electrons. The molecule has 1 amide bonds. The molecule has 0 fully saturated rings. The highest BCUT2D eigenvalue weighted by atomic mass is 32.2. The SMILES string of the molecule is CNC(=O)[C@H](CO)NS(=O)(=O)c1ccc(OCCC(=O)OC)cc1. The van der Waals surface area contributed by atoms with Crippen LogP contribution >= 0.6 is 0 Å². The predicted molar refractivity (Wildman–Crippen MR) is 83.8 cm³/mol. The number of sulfonamides is 1. The van der Waals surface area contributed by atoms with Crippen molar-refractivity contribution in [3.8, 4) is 5.75 Å². The summed E-state index contributed by atoms with van der Waals surface area (Å²) in [5.41, 5.74) is 0. The second-order valence-electron chi connectivity index (χ2n) is 4.62. The molecule has 0 saturated heterocycles. The minimum Gasteiger partial charge on any atom is -0.493 e. The van der Waals surface area contributed by atoms with Crippen molar-refractivity contribution in [1.29, 1.82) is 0 Å². The van der Waals surface area contributed by atoms with Crippen LogP contribution in [0.25, 0.3) is 0 Å². The van der Waals surface area contributed by atoms with Crippen LogP contribution in [0.3, 0.4) is 0 Å². The molecule has 1 aromatic carbocycles. The van der Waals surface area contributed by atoms with Crippen molar-refractivity contribution in [3.05, 3.63) is 24.3 Å². The normalized spacial score (nSPS) is 12.3. The number of benzene rings is 1. The van der Waals surface area contributed by atoms with Gasteiger partial charge in [0, 0.05) is 7.05 Å². The highest BCUT2D eigenvalue weighted by Gasteiger charge is 2.24. The Hall–Kier alpha value is -2.17. The van der Waals surface area contributed by atoms with Gasteiger partial charge in [-0.3, -0.25) is 9.59 Å². The van der Waals surface area contributed by atoms with Crippen molar-refractivity contribution in [2.45, 2.75) is 17.4 Å². The Morgan fingerprint density at radius 2 is 1.88 bits per heavy atom. The number of nitrogens with one attached hydrogen (secondary N) is 2. The van der Waals surface area contributed by atoms with Crippen molar-refractivity contribution < 1.29 is 32.6 Å². The van der Waals surface area contributed by atoms with Crippen molar-refractivity contribution in [3.63, 3.8) is 0 Å². The molecule has 0 unspecified atom stereocenters. The molecule has 0 heterocycles. The summed E-state index contributed by atoms with van der Waals surface area (Å²) in [6.45, 7) is -0.575. The molecule has 10 heteroatoms. The number of esters is 1. The third-order valence-electron chi connectivity index (χ3n) is 2.98. The third kappa shape index (κ3) is 5.80. The Morgan fingerprint density at radius 3 is 2.38 bits per heavy atom. The summed E-state index contributed by atoms with van der Waals surface area (Å²) in [4.78, 5) is 22.3. The first kappa shape index (κ1) is 19.9. The fraction of sp³-hybridized carbons (Fsp3) is 0.429. The van der Waals surface area contributed by atoms with Gasteiger partial charge in [-0.15, -0.1) is 0 Å². The summed E-state index contributed by atoms with van der Waals surface area (Å²) in [5.74, 6) is -0.686. The maximum Gasteiger partial charge on any atom is 0.308 e. The van der Waals surface area contributed by atoms with E-state index >= 15 is 0 Å². The van der Waals surface area contributed by atoms with Crippen molar-refractivity contribution >= 4 is 21.9 Å². The van der Waals surface area contributed by atoms with E-state index in [1.54, 1.807) is 0 Å². The first-order valence-electron chi connectivity index (χ1n) is 6.98. The topological polar surface area (TPSA) is 131 Å². The van der Waals surface area contributed by atoms with E-state index in [1.165, 1.54) is 38.4 Å². The summed E-state index contributed by atoms with van der Waals surface area (Å²) < 4.78 is 36.2. The van der Waals surface area contributed by atoms with E-state index in [9.17, 15) is 18.0 Å². The van der Waals surface area contributed by atoms with Gasteiger partial charge in [0.05, 0.1) is 31.6 Å². The van der Waals surface area contributed by atoms with Crippen LogP contribution in [0.4, 0.5) is 0 Å². The number of likely N-dealkylation sites (N-methyl/N-ethyl adjacent to an activating group) is 1. The van der Waals surface area contributed by atoms with Crippen molar-refractivity contribution in [2.24, 2.45) is 0 Å².